The fraction of sp³-hybridized carbons (Fsp3) is 0.417. The van der Waals surface area contributed by atoms with Gasteiger partial charge in [-0.1, -0.05) is 72.8 Å². The first-order chi connectivity index (χ1) is 14.3. The molecule has 5 rings (SSSR count). The van der Waals surface area contributed by atoms with Crippen LogP contribution in [0.2, 0.25) is 0 Å². The first kappa shape index (κ1) is 18.5. The highest BCUT2D eigenvalue weighted by Crippen LogP contribution is 2.34. The summed E-state index contributed by atoms with van der Waals surface area (Å²) in [5.41, 5.74) is 4.92. The molecule has 0 spiro atoms. The molecule has 2 aromatic carbocycles. The fourth-order valence-corrected chi connectivity index (χ4v) is 5.03. The van der Waals surface area contributed by atoms with Crippen molar-refractivity contribution in [2.75, 3.05) is 26.2 Å². The van der Waals surface area contributed by atoms with Gasteiger partial charge in [0.15, 0.2) is 0 Å². The van der Waals surface area contributed by atoms with E-state index in [9.17, 15) is 0 Å². The Bertz CT molecular complexity index is 936. The largest absolute Gasteiger partial charge is 0.297 e. The Balaban J connectivity index is 1.46. The van der Waals surface area contributed by atoms with E-state index in [1.165, 1.54) is 23.2 Å². The van der Waals surface area contributed by atoms with E-state index in [-0.39, 0.29) is 0 Å². The Hall–Kier alpha value is -2.50. The molecule has 0 saturated carbocycles. The number of rotatable bonds is 5. The van der Waals surface area contributed by atoms with Gasteiger partial charge in [0.05, 0.1) is 11.7 Å². The minimum Gasteiger partial charge on any atom is -0.297 e. The Morgan fingerprint density at radius 1 is 0.931 bits per heavy atom. The van der Waals surface area contributed by atoms with Crippen LogP contribution in [0.15, 0.2) is 60.7 Å². The maximum Gasteiger partial charge on any atom is 0.116 e. The molecule has 0 aliphatic carbocycles. The molecule has 3 aromatic rings. The van der Waals surface area contributed by atoms with E-state index in [1.807, 2.05) is 0 Å². The fourth-order valence-electron chi connectivity index (χ4n) is 5.03. The van der Waals surface area contributed by atoms with Gasteiger partial charge in [0.25, 0.3) is 0 Å². The zero-order chi connectivity index (χ0) is 19.6. The summed E-state index contributed by atoms with van der Waals surface area (Å²) in [6.45, 7) is 7.65. The van der Waals surface area contributed by atoms with Gasteiger partial charge in [-0.3, -0.25) is 9.80 Å². The van der Waals surface area contributed by atoms with Gasteiger partial charge in [0, 0.05) is 44.2 Å². The van der Waals surface area contributed by atoms with E-state index in [0.29, 0.717) is 12.1 Å². The Morgan fingerprint density at radius 2 is 1.66 bits per heavy atom. The average Bonchev–Trinajstić information content (AvgIpc) is 3.33. The van der Waals surface area contributed by atoms with Crippen LogP contribution in [0, 0.1) is 0 Å². The topological polar surface area (TPSA) is 37.2 Å². The molecule has 2 aliphatic heterocycles. The molecule has 0 amide bonds. The molecule has 5 nitrogen and oxygen atoms in total. The van der Waals surface area contributed by atoms with E-state index in [4.69, 9.17) is 0 Å². The predicted molar refractivity (Wildman–Crippen MR) is 116 cm³/mol. The van der Waals surface area contributed by atoms with Gasteiger partial charge in [-0.05, 0) is 18.5 Å². The van der Waals surface area contributed by atoms with E-state index >= 15 is 0 Å². The molecular formula is C24H29N5. The third kappa shape index (κ3) is 3.61. The molecule has 1 saturated heterocycles. The summed E-state index contributed by atoms with van der Waals surface area (Å²) in [5.74, 6) is 0. The van der Waals surface area contributed by atoms with Crippen molar-refractivity contribution in [2.45, 2.75) is 38.4 Å². The first-order valence-electron chi connectivity index (χ1n) is 10.8. The third-order valence-corrected chi connectivity index (χ3v) is 6.35. The summed E-state index contributed by atoms with van der Waals surface area (Å²) in [4.78, 5) is 5.28. The maximum absolute atomic E-state index is 4.69. The second-order valence-corrected chi connectivity index (χ2v) is 8.30. The summed E-state index contributed by atoms with van der Waals surface area (Å²) in [7, 11) is 0. The van der Waals surface area contributed by atoms with Gasteiger partial charge >= 0.3 is 0 Å². The molecule has 0 unspecified atom stereocenters. The lowest BCUT2D eigenvalue weighted by Gasteiger charge is -2.29. The van der Waals surface area contributed by atoms with Crippen molar-refractivity contribution in [2.24, 2.45) is 0 Å². The van der Waals surface area contributed by atoms with Gasteiger partial charge < -0.3 is 0 Å². The molecule has 0 bridgehead atoms. The summed E-state index contributed by atoms with van der Waals surface area (Å²) in [6, 6.07) is 22.2. The van der Waals surface area contributed by atoms with Gasteiger partial charge in [0.1, 0.15) is 5.69 Å². The first-order valence-corrected chi connectivity index (χ1v) is 10.8. The molecule has 5 heteroatoms. The Labute approximate surface area is 172 Å². The average molecular weight is 388 g/mol. The molecule has 1 fully saturated rings. The van der Waals surface area contributed by atoms with Crippen LogP contribution in [0.3, 0.4) is 0 Å². The van der Waals surface area contributed by atoms with Crippen molar-refractivity contribution >= 4 is 0 Å². The molecule has 0 radical (unpaired) electrons. The van der Waals surface area contributed by atoms with Crippen LogP contribution in [0.25, 0.3) is 11.3 Å². The maximum atomic E-state index is 4.69. The Morgan fingerprint density at radius 3 is 2.41 bits per heavy atom. The van der Waals surface area contributed by atoms with Crippen LogP contribution in [0.1, 0.15) is 30.6 Å². The third-order valence-electron chi connectivity index (χ3n) is 6.35. The highest BCUT2D eigenvalue weighted by atomic mass is 15.5. The minimum atomic E-state index is 0.368. The van der Waals surface area contributed by atoms with Crippen LogP contribution in [-0.2, 0) is 13.0 Å². The van der Waals surface area contributed by atoms with Crippen molar-refractivity contribution in [1.29, 1.82) is 0 Å². The SMILES string of the molecule is CCCN1CCc2c(-c3ccccc3)nnn2[C@@H]2CN(Cc3ccccc3)C[C@@H]21. The molecule has 2 atom stereocenters. The molecule has 3 heterocycles. The second kappa shape index (κ2) is 8.09. The summed E-state index contributed by atoms with van der Waals surface area (Å²) < 4.78 is 2.26. The van der Waals surface area contributed by atoms with Crippen LogP contribution in [0.5, 0.6) is 0 Å². The molecule has 0 N–H and O–H groups in total. The van der Waals surface area contributed by atoms with Gasteiger partial charge in [-0.15, -0.1) is 5.10 Å². The zero-order valence-electron chi connectivity index (χ0n) is 17.1. The second-order valence-electron chi connectivity index (χ2n) is 8.30. The normalized spacial score (nSPS) is 22.2. The zero-order valence-corrected chi connectivity index (χ0v) is 17.1. The van der Waals surface area contributed by atoms with Crippen LogP contribution in [-0.4, -0.2) is 57.0 Å². The molecular weight excluding hydrogens is 358 g/mol. The predicted octanol–water partition coefficient (Wildman–Crippen LogP) is 3.64. The number of nitrogens with zero attached hydrogens (tertiary/aromatic N) is 5. The summed E-state index contributed by atoms with van der Waals surface area (Å²) >= 11 is 0. The van der Waals surface area contributed by atoms with Crippen LogP contribution >= 0.6 is 0 Å². The molecule has 29 heavy (non-hydrogen) atoms. The van der Waals surface area contributed by atoms with Crippen molar-refractivity contribution in [3.63, 3.8) is 0 Å². The molecule has 2 aliphatic rings. The van der Waals surface area contributed by atoms with E-state index in [0.717, 1.165) is 44.8 Å². The monoisotopic (exact) mass is 387 g/mol. The van der Waals surface area contributed by atoms with Crippen LogP contribution in [0.4, 0.5) is 0 Å². The van der Waals surface area contributed by atoms with Crippen molar-refractivity contribution in [3.05, 3.63) is 71.9 Å². The number of hydrogen-bond acceptors (Lipinski definition) is 4. The van der Waals surface area contributed by atoms with Crippen molar-refractivity contribution < 1.29 is 0 Å². The van der Waals surface area contributed by atoms with Crippen LogP contribution < -0.4 is 0 Å². The summed E-state index contributed by atoms with van der Waals surface area (Å²) in [6.07, 6.45) is 2.21. The van der Waals surface area contributed by atoms with E-state index < -0.39 is 0 Å². The highest BCUT2D eigenvalue weighted by molar-refractivity contribution is 5.61. The van der Waals surface area contributed by atoms with Gasteiger partial charge in [-0.2, -0.15) is 0 Å². The minimum absolute atomic E-state index is 0.368. The molecule has 150 valence electrons. The quantitative estimate of drug-likeness (QED) is 0.670. The Kier molecular flexibility index (Phi) is 5.17. The van der Waals surface area contributed by atoms with E-state index in [1.54, 1.807) is 0 Å². The van der Waals surface area contributed by atoms with Crippen molar-refractivity contribution in [1.82, 2.24) is 24.8 Å². The number of aromatic nitrogens is 3. The number of fused-ring (bicyclic) bond motifs is 3. The molecule has 1 aromatic heterocycles. The van der Waals surface area contributed by atoms with Gasteiger partial charge in [-0.25, -0.2) is 4.68 Å². The number of hydrogen-bond donors (Lipinski definition) is 0. The number of benzene rings is 2. The lowest BCUT2D eigenvalue weighted by Crippen LogP contribution is -2.41. The van der Waals surface area contributed by atoms with Crippen molar-refractivity contribution in [3.8, 4) is 11.3 Å². The van der Waals surface area contributed by atoms with Gasteiger partial charge in [0.2, 0.25) is 0 Å². The standard InChI is InChI=1S/C24H29N5/c1-2-14-28-15-13-21-24(20-11-7-4-8-12-20)25-26-29(21)23-18-27(17-22(23)28)16-19-9-5-3-6-10-19/h3-12,22-23H,2,13-18H2,1H3/t22-,23+/m0/s1. The highest BCUT2D eigenvalue weighted by Gasteiger charge is 2.41. The lowest BCUT2D eigenvalue weighted by atomic mass is 10.1. The lowest BCUT2D eigenvalue weighted by molar-refractivity contribution is 0.177. The smallest absolute Gasteiger partial charge is 0.116 e. The number of likely N-dealkylation sites (tertiary alicyclic amines) is 1. The van der Waals surface area contributed by atoms with E-state index in [2.05, 4.69) is 92.4 Å². The summed E-state index contributed by atoms with van der Waals surface area (Å²) in [5, 5.41) is 9.31.